The first-order valence-electron chi connectivity index (χ1n) is 7.11. The lowest BCUT2D eigenvalue weighted by atomic mass is 10.2. The first-order chi connectivity index (χ1) is 10.7. The Labute approximate surface area is 134 Å². The van der Waals surface area contributed by atoms with E-state index in [1.54, 1.807) is 52.1 Å². The Balaban J connectivity index is 2.02. The van der Waals surface area contributed by atoms with Crippen LogP contribution >= 0.6 is 0 Å². The number of rotatable bonds is 3. The van der Waals surface area contributed by atoms with E-state index in [2.05, 4.69) is 20.4 Å². The molecule has 0 atom stereocenters. The Morgan fingerprint density at radius 3 is 2.22 bits per heavy atom. The summed E-state index contributed by atoms with van der Waals surface area (Å²) < 4.78 is 5.25. The molecule has 122 valence electrons. The summed E-state index contributed by atoms with van der Waals surface area (Å²) in [5.41, 5.74) is 6.51. The van der Waals surface area contributed by atoms with Gasteiger partial charge in [-0.2, -0.15) is 0 Å². The first-order valence-corrected chi connectivity index (χ1v) is 7.11. The molecule has 1 aromatic heterocycles. The molecule has 8 nitrogen and oxygen atoms in total. The minimum Gasteiger partial charge on any atom is -0.444 e. The van der Waals surface area contributed by atoms with Crippen molar-refractivity contribution in [2.24, 2.45) is 0 Å². The van der Waals surface area contributed by atoms with Crippen LogP contribution in [0.15, 0.2) is 24.3 Å². The van der Waals surface area contributed by atoms with Crippen LogP contribution in [-0.2, 0) is 11.3 Å². The predicted octanol–water partition coefficient (Wildman–Crippen LogP) is 1.88. The zero-order valence-electron chi connectivity index (χ0n) is 13.6. The third kappa shape index (κ3) is 4.87. The molecular formula is C15H20N6O2. The number of nitrogen functional groups attached to an aromatic ring is 1. The summed E-state index contributed by atoms with van der Waals surface area (Å²) >= 11 is 0. The Bertz CT molecular complexity index is 664. The standard InChI is InChI=1S/C15H20N6O2/c1-15(2,3)23-14(22)21(4)9-12-17-19-13(20-18-12)10-5-7-11(16)8-6-10/h5-8H,9,16H2,1-4H3. The molecule has 0 unspecified atom stereocenters. The van der Waals surface area contributed by atoms with Crippen LogP contribution in [0.4, 0.5) is 10.5 Å². The zero-order valence-corrected chi connectivity index (χ0v) is 13.6. The van der Waals surface area contributed by atoms with Gasteiger partial charge in [-0.15, -0.1) is 20.4 Å². The summed E-state index contributed by atoms with van der Waals surface area (Å²) in [4.78, 5) is 13.2. The molecule has 2 N–H and O–H groups in total. The van der Waals surface area contributed by atoms with Gasteiger partial charge in [-0.25, -0.2) is 4.79 Å². The Kier molecular flexibility index (Phi) is 4.73. The van der Waals surface area contributed by atoms with Crippen LogP contribution in [0.3, 0.4) is 0 Å². The fourth-order valence-corrected chi connectivity index (χ4v) is 1.68. The van der Waals surface area contributed by atoms with E-state index in [1.165, 1.54) is 4.90 Å². The second-order valence-electron chi connectivity index (χ2n) is 6.10. The maximum atomic E-state index is 11.9. The summed E-state index contributed by atoms with van der Waals surface area (Å²) in [5.74, 6) is 0.728. The zero-order chi connectivity index (χ0) is 17.0. The maximum absolute atomic E-state index is 11.9. The minimum atomic E-state index is -0.554. The Morgan fingerprint density at radius 2 is 1.70 bits per heavy atom. The first kappa shape index (κ1) is 16.6. The molecule has 0 aliphatic rings. The highest BCUT2D eigenvalue weighted by Crippen LogP contribution is 2.15. The number of hydrogen-bond donors (Lipinski definition) is 1. The van der Waals surface area contributed by atoms with Crippen molar-refractivity contribution in [2.45, 2.75) is 32.9 Å². The van der Waals surface area contributed by atoms with Crippen LogP contribution in [-0.4, -0.2) is 44.0 Å². The SMILES string of the molecule is CN(Cc1nnc(-c2ccc(N)cc2)nn1)C(=O)OC(C)(C)C. The van der Waals surface area contributed by atoms with E-state index < -0.39 is 11.7 Å². The second kappa shape index (κ2) is 6.55. The van der Waals surface area contributed by atoms with Gasteiger partial charge in [0.2, 0.25) is 5.82 Å². The number of aromatic nitrogens is 4. The van der Waals surface area contributed by atoms with Gasteiger partial charge in [0.25, 0.3) is 0 Å². The van der Waals surface area contributed by atoms with Gasteiger partial charge >= 0.3 is 6.09 Å². The quantitative estimate of drug-likeness (QED) is 0.861. The van der Waals surface area contributed by atoms with Crippen molar-refractivity contribution < 1.29 is 9.53 Å². The van der Waals surface area contributed by atoms with Gasteiger partial charge in [-0.3, -0.25) is 0 Å². The topological polar surface area (TPSA) is 107 Å². The van der Waals surface area contributed by atoms with Crippen LogP contribution in [0, 0.1) is 0 Å². The molecule has 8 heteroatoms. The summed E-state index contributed by atoms with van der Waals surface area (Å²) in [6.45, 7) is 5.58. The monoisotopic (exact) mass is 316 g/mol. The van der Waals surface area contributed by atoms with E-state index in [4.69, 9.17) is 10.5 Å². The normalized spacial score (nSPS) is 11.1. The highest BCUT2D eigenvalue weighted by atomic mass is 16.6. The van der Waals surface area contributed by atoms with Gasteiger partial charge < -0.3 is 15.4 Å². The van der Waals surface area contributed by atoms with Crippen LogP contribution in [0.2, 0.25) is 0 Å². The fourth-order valence-electron chi connectivity index (χ4n) is 1.68. The molecule has 0 saturated heterocycles. The van der Waals surface area contributed by atoms with Gasteiger partial charge in [-0.1, -0.05) is 0 Å². The number of ether oxygens (including phenoxy) is 1. The third-order valence-electron chi connectivity index (χ3n) is 2.77. The number of amides is 1. The molecule has 0 bridgehead atoms. The molecule has 23 heavy (non-hydrogen) atoms. The smallest absolute Gasteiger partial charge is 0.410 e. The van der Waals surface area contributed by atoms with E-state index in [0.717, 1.165) is 5.56 Å². The van der Waals surface area contributed by atoms with Crippen molar-refractivity contribution in [3.63, 3.8) is 0 Å². The van der Waals surface area contributed by atoms with Crippen molar-refractivity contribution in [1.82, 2.24) is 25.3 Å². The molecule has 0 aliphatic carbocycles. The van der Waals surface area contributed by atoms with E-state index >= 15 is 0 Å². The molecule has 0 radical (unpaired) electrons. The molecule has 2 aromatic rings. The molecule has 2 rings (SSSR count). The minimum absolute atomic E-state index is 0.164. The third-order valence-corrected chi connectivity index (χ3v) is 2.77. The fraction of sp³-hybridized carbons (Fsp3) is 0.400. The van der Waals surface area contributed by atoms with Crippen LogP contribution in [0.1, 0.15) is 26.6 Å². The van der Waals surface area contributed by atoms with Crippen LogP contribution < -0.4 is 5.73 Å². The lowest BCUT2D eigenvalue weighted by molar-refractivity contribution is 0.0280. The molecule has 1 amide bonds. The Hall–Kier alpha value is -2.77. The van der Waals surface area contributed by atoms with Crippen molar-refractivity contribution >= 4 is 11.8 Å². The lowest BCUT2D eigenvalue weighted by Gasteiger charge is -2.23. The number of anilines is 1. The van der Waals surface area contributed by atoms with Gasteiger partial charge in [-0.05, 0) is 45.0 Å². The molecule has 0 aliphatic heterocycles. The van der Waals surface area contributed by atoms with Crippen LogP contribution in [0.25, 0.3) is 11.4 Å². The second-order valence-corrected chi connectivity index (χ2v) is 6.10. The maximum Gasteiger partial charge on any atom is 0.410 e. The van der Waals surface area contributed by atoms with Crippen molar-refractivity contribution in [3.05, 3.63) is 30.1 Å². The molecule has 1 heterocycles. The Morgan fingerprint density at radius 1 is 1.13 bits per heavy atom. The van der Waals surface area contributed by atoms with E-state index in [9.17, 15) is 4.79 Å². The van der Waals surface area contributed by atoms with Gasteiger partial charge in [0.15, 0.2) is 5.82 Å². The molecule has 0 saturated carbocycles. The number of benzene rings is 1. The van der Waals surface area contributed by atoms with E-state index in [-0.39, 0.29) is 6.54 Å². The molecule has 0 fully saturated rings. The summed E-state index contributed by atoms with van der Waals surface area (Å²) in [6, 6.07) is 7.09. The molecular weight excluding hydrogens is 296 g/mol. The van der Waals surface area contributed by atoms with Crippen molar-refractivity contribution in [1.29, 1.82) is 0 Å². The van der Waals surface area contributed by atoms with Crippen LogP contribution in [0.5, 0.6) is 0 Å². The number of nitrogens with zero attached hydrogens (tertiary/aromatic N) is 5. The number of nitrogens with two attached hydrogens (primary N) is 1. The van der Waals surface area contributed by atoms with E-state index in [1.807, 2.05) is 0 Å². The molecule has 1 aromatic carbocycles. The highest BCUT2D eigenvalue weighted by molar-refractivity contribution is 5.67. The van der Waals surface area contributed by atoms with Gasteiger partial charge in [0, 0.05) is 18.3 Å². The predicted molar refractivity (Wildman–Crippen MR) is 85.2 cm³/mol. The average Bonchev–Trinajstić information content (AvgIpc) is 2.47. The number of hydrogen-bond acceptors (Lipinski definition) is 7. The van der Waals surface area contributed by atoms with Crippen molar-refractivity contribution in [2.75, 3.05) is 12.8 Å². The van der Waals surface area contributed by atoms with Gasteiger partial charge in [0.05, 0.1) is 6.54 Å². The summed E-state index contributed by atoms with van der Waals surface area (Å²) in [6.07, 6.45) is -0.455. The van der Waals surface area contributed by atoms with E-state index in [0.29, 0.717) is 17.3 Å². The summed E-state index contributed by atoms with van der Waals surface area (Å²) in [7, 11) is 1.60. The van der Waals surface area contributed by atoms with Crippen molar-refractivity contribution in [3.8, 4) is 11.4 Å². The average molecular weight is 316 g/mol. The molecule has 0 spiro atoms. The highest BCUT2D eigenvalue weighted by Gasteiger charge is 2.20. The largest absolute Gasteiger partial charge is 0.444 e. The lowest BCUT2D eigenvalue weighted by Crippen LogP contribution is -2.34. The van der Waals surface area contributed by atoms with Gasteiger partial charge in [0.1, 0.15) is 5.60 Å². The summed E-state index contributed by atoms with van der Waals surface area (Å²) in [5, 5.41) is 16.0. The number of carbonyl (C=O) groups is 1. The number of carbonyl (C=O) groups excluding carboxylic acids is 1.